The first-order valence-electron chi connectivity index (χ1n) is 14.2. The first-order valence-corrected chi connectivity index (χ1v) is 16.5. The van der Waals surface area contributed by atoms with Crippen molar-refractivity contribution in [3.8, 4) is 0 Å². The van der Waals surface area contributed by atoms with Crippen LogP contribution in [0.5, 0.6) is 0 Å². The Morgan fingerprint density at radius 2 is 0.766 bits per heavy atom. The lowest BCUT2D eigenvalue weighted by Gasteiger charge is -2.27. The predicted octanol–water partition coefficient (Wildman–Crippen LogP) is 7.73. The van der Waals surface area contributed by atoms with E-state index in [9.17, 15) is 27.6 Å². The molecule has 0 aromatic heterocycles. The monoisotopic (exact) mass is 676 g/mol. The maximum Gasteiger partial charge on any atom is 0.265 e. The van der Waals surface area contributed by atoms with Crippen LogP contribution in [0.4, 0.5) is 11.4 Å². The minimum atomic E-state index is -4.07. The largest absolute Gasteiger partial charge is 0.268 e. The molecule has 47 heavy (non-hydrogen) atoms. The molecule has 0 aliphatic carbocycles. The summed E-state index contributed by atoms with van der Waals surface area (Å²) in [6.45, 7) is 0. The summed E-state index contributed by atoms with van der Waals surface area (Å²) in [5.74, 6) is -2.20. The second-order valence-corrected chi connectivity index (χ2v) is 13.8. The van der Waals surface area contributed by atoms with E-state index in [-0.39, 0.29) is 21.2 Å². The lowest BCUT2D eigenvalue weighted by Crippen LogP contribution is -2.40. The van der Waals surface area contributed by atoms with Crippen molar-refractivity contribution < 1.29 is 27.6 Å². The Balaban J connectivity index is 1.09. The molecule has 2 aliphatic heterocycles. The molecule has 2 aliphatic rings. The van der Waals surface area contributed by atoms with E-state index in [1.165, 1.54) is 48.5 Å². The van der Waals surface area contributed by atoms with Crippen molar-refractivity contribution in [1.29, 1.82) is 0 Å². The standard InChI is InChI=1S/C36H18Cl2N2O6S/c37-29-17-15-27-31-23(29)3-1-5-25(31)33(41)39(35(27)43)19-7-11-21(12-8-19)47(45,46)22-13-9-20(10-14-22)40-34(42)26-6-2-4-24-30(38)18-16-28(32(24)26)36(40)44/h1-18H. The Morgan fingerprint density at radius 3 is 1.13 bits per heavy atom. The minimum Gasteiger partial charge on any atom is -0.268 e. The number of nitrogens with zero attached hydrogens (tertiary/aromatic N) is 2. The van der Waals surface area contributed by atoms with Gasteiger partial charge in [-0.3, -0.25) is 19.2 Å². The zero-order chi connectivity index (χ0) is 32.8. The molecule has 0 saturated carbocycles. The quantitative estimate of drug-likeness (QED) is 0.177. The third-order valence-electron chi connectivity index (χ3n) is 8.52. The SMILES string of the molecule is O=C1c2cccc3c(Cl)ccc(c23)C(=O)N1c1ccc(S(=O)(=O)c2ccc(N3C(=O)c4cccc5c(Cl)ccc(c45)C3=O)cc2)cc1. The van der Waals surface area contributed by atoms with Gasteiger partial charge in [0.1, 0.15) is 0 Å². The van der Waals surface area contributed by atoms with Gasteiger partial charge in [-0.15, -0.1) is 0 Å². The third kappa shape index (κ3) is 4.17. The van der Waals surface area contributed by atoms with E-state index >= 15 is 0 Å². The van der Waals surface area contributed by atoms with Crippen molar-refractivity contribution in [2.24, 2.45) is 0 Å². The van der Waals surface area contributed by atoms with Crippen molar-refractivity contribution in [2.75, 3.05) is 9.80 Å². The molecular weight excluding hydrogens is 659 g/mol. The fourth-order valence-electron chi connectivity index (χ4n) is 6.28. The summed E-state index contributed by atoms with van der Waals surface area (Å²) < 4.78 is 27.2. The van der Waals surface area contributed by atoms with E-state index in [0.717, 1.165) is 9.80 Å². The second kappa shape index (κ2) is 10.3. The van der Waals surface area contributed by atoms with Crippen LogP contribution in [-0.2, 0) is 9.84 Å². The number of hydrogen-bond acceptors (Lipinski definition) is 6. The van der Waals surface area contributed by atoms with Gasteiger partial charge >= 0.3 is 0 Å². The Bertz CT molecular complexity index is 2320. The first-order chi connectivity index (χ1) is 22.6. The molecule has 0 saturated heterocycles. The van der Waals surface area contributed by atoms with Crippen LogP contribution in [0.25, 0.3) is 21.5 Å². The fourth-order valence-corrected chi connectivity index (χ4v) is 7.98. The van der Waals surface area contributed by atoms with Gasteiger partial charge in [0.2, 0.25) is 9.84 Å². The van der Waals surface area contributed by atoms with Crippen molar-refractivity contribution >= 4 is 89.6 Å². The Labute approximate surface area is 277 Å². The van der Waals surface area contributed by atoms with Gasteiger partial charge in [-0.1, -0.05) is 47.5 Å². The van der Waals surface area contributed by atoms with Crippen LogP contribution >= 0.6 is 23.2 Å². The number of hydrogen-bond donors (Lipinski definition) is 0. The number of carbonyl (C=O) groups is 4. The van der Waals surface area contributed by atoms with Gasteiger partial charge in [-0.05, 0) is 84.9 Å². The molecule has 6 aromatic carbocycles. The predicted molar refractivity (Wildman–Crippen MR) is 179 cm³/mol. The molecular formula is C36H18Cl2N2O6S. The second-order valence-electron chi connectivity index (χ2n) is 11.0. The van der Waals surface area contributed by atoms with E-state index in [0.29, 0.717) is 53.8 Å². The van der Waals surface area contributed by atoms with Gasteiger partial charge in [-0.2, -0.15) is 0 Å². The van der Waals surface area contributed by atoms with Crippen LogP contribution in [0.15, 0.2) is 119 Å². The number of halogens is 2. The highest BCUT2D eigenvalue weighted by Gasteiger charge is 2.36. The van der Waals surface area contributed by atoms with E-state index in [1.807, 2.05) is 0 Å². The Hall–Kier alpha value is -5.35. The molecule has 0 radical (unpaired) electrons. The summed E-state index contributed by atoms with van der Waals surface area (Å²) in [6, 6.07) is 27.3. The molecule has 4 amide bonds. The molecule has 0 atom stereocenters. The first kappa shape index (κ1) is 29.1. The summed E-state index contributed by atoms with van der Waals surface area (Å²) in [5.41, 5.74) is 1.64. The van der Waals surface area contributed by atoms with Gasteiger partial charge in [-0.25, -0.2) is 18.2 Å². The molecule has 0 spiro atoms. The van der Waals surface area contributed by atoms with Gasteiger partial charge in [0.05, 0.1) is 21.2 Å². The van der Waals surface area contributed by atoms with Crippen molar-refractivity contribution in [3.05, 3.63) is 141 Å². The lowest BCUT2D eigenvalue weighted by molar-refractivity contribution is 0.0877. The molecule has 8 nitrogen and oxygen atoms in total. The summed E-state index contributed by atoms with van der Waals surface area (Å²) in [7, 11) is -4.07. The van der Waals surface area contributed by atoms with Crippen LogP contribution in [0, 0.1) is 0 Å². The Kier molecular flexibility index (Phi) is 6.39. The number of anilines is 2. The third-order valence-corrected chi connectivity index (χ3v) is 11.0. The van der Waals surface area contributed by atoms with Crippen LogP contribution < -0.4 is 9.80 Å². The molecule has 11 heteroatoms. The summed E-state index contributed by atoms with van der Waals surface area (Å²) in [6.07, 6.45) is 0. The van der Waals surface area contributed by atoms with E-state index in [1.54, 1.807) is 60.7 Å². The average Bonchev–Trinajstić information content (AvgIpc) is 3.08. The van der Waals surface area contributed by atoms with Crippen LogP contribution in [0.2, 0.25) is 10.0 Å². The zero-order valence-corrected chi connectivity index (χ0v) is 26.2. The number of amides is 4. The van der Waals surface area contributed by atoms with E-state index in [2.05, 4.69) is 0 Å². The van der Waals surface area contributed by atoms with Gasteiger partial charge < -0.3 is 0 Å². The number of carbonyl (C=O) groups excluding carboxylic acids is 4. The van der Waals surface area contributed by atoms with Crippen LogP contribution in [-0.4, -0.2) is 32.0 Å². The van der Waals surface area contributed by atoms with Crippen LogP contribution in [0.3, 0.4) is 0 Å². The number of rotatable bonds is 4. The van der Waals surface area contributed by atoms with Crippen LogP contribution in [0.1, 0.15) is 41.4 Å². The highest BCUT2D eigenvalue weighted by Crippen LogP contribution is 2.38. The molecule has 0 bridgehead atoms. The summed E-state index contributed by atoms with van der Waals surface area (Å²) in [5, 5.41) is 2.99. The number of sulfone groups is 1. The fraction of sp³-hybridized carbons (Fsp3) is 0. The molecule has 0 unspecified atom stereocenters. The molecule has 228 valence electrons. The van der Waals surface area contributed by atoms with Gasteiger partial charge in [0, 0.05) is 53.8 Å². The van der Waals surface area contributed by atoms with Crippen molar-refractivity contribution in [1.82, 2.24) is 0 Å². The Morgan fingerprint density at radius 1 is 0.426 bits per heavy atom. The minimum absolute atomic E-state index is 0.0807. The molecule has 0 N–H and O–H groups in total. The molecule has 2 heterocycles. The lowest BCUT2D eigenvalue weighted by atomic mass is 9.93. The average molecular weight is 678 g/mol. The maximum absolute atomic E-state index is 13.6. The van der Waals surface area contributed by atoms with E-state index in [4.69, 9.17) is 23.2 Å². The maximum atomic E-state index is 13.6. The van der Waals surface area contributed by atoms with Gasteiger partial charge in [0.15, 0.2) is 0 Å². The number of benzene rings is 6. The topological polar surface area (TPSA) is 109 Å². The van der Waals surface area contributed by atoms with Crippen molar-refractivity contribution in [3.63, 3.8) is 0 Å². The van der Waals surface area contributed by atoms with Crippen molar-refractivity contribution in [2.45, 2.75) is 9.79 Å². The molecule has 0 fully saturated rings. The van der Waals surface area contributed by atoms with Gasteiger partial charge in [0.25, 0.3) is 23.6 Å². The highest BCUT2D eigenvalue weighted by molar-refractivity contribution is 7.91. The molecule has 8 rings (SSSR count). The summed E-state index contributed by atoms with van der Waals surface area (Å²) in [4.78, 5) is 55.7. The highest BCUT2D eigenvalue weighted by atomic mass is 35.5. The smallest absolute Gasteiger partial charge is 0.265 e. The normalized spacial score (nSPS) is 14.4. The zero-order valence-electron chi connectivity index (χ0n) is 23.9. The molecule has 6 aromatic rings. The number of imide groups is 2. The summed E-state index contributed by atoms with van der Waals surface area (Å²) >= 11 is 12.6. The van der Waals surface area contributed by atoms with E-state index < -0.39 is 33.5 Å².